The van der Waals surface area contributed by atoms with Crippen molar-refractivity contribution in [2.75, 3.05) is 6.54 Å². The first kappa shape index (κ1) is 28.0. The quantitative estimate of drug-likeness (QED) is 0.399. The third-order valence-electron chi connectivity index (χ3n) is 8.27. The molecule has 5 fully saturated rings. The van der Waals surface area contributed by atoms with Crippen LogP contribution in [0.5, 0.6) is 0 Å². The summed E-state index contributed by atoms with van der Waals surface area (Å²) in [5, 5.41) is 16.3. The van der Waals surface area contributed by atoms with E-state index in [0.717, 1.165) is 11.3 Å². The Kier molecular flexibility index (Phi) is 7.86. The molecule has 0 aromatic heterocycles. The van der Waals surface area contributed by atoms with E-state index in [-0.39, 0.29) is 37.5 Å². The zero-order chi connectivity index (χ0) is 27.8. The lowest BCUT2D eigenvalue weighted by Gasteiger charge is -2.54. The Morgan fingerprint density at radius 2 is 1.82 bits per heavy atom. The summed E-state index contributed by atoms with van der Waals surface area (Å²) in [6.45, 7) is 0.405. The molecule has 6 atom stereocenters. The van der Waals surface area contributed by atoms with Crippen LogP contribution in [0.1, 0.15) is 57.8 Å². The zero-order valence-electron chi connectivity index (χ0n) is 20.5. The van der Waals surface area contributed by atoms with Crippen LogP contribution in [0, 0.1) is 29.1 Å². The molecule has 0 spiro atoms. The summed E-state index contributed by atoms with van der Waals surface area (Å²) in [7, 11) is 0. The second-order valence-corrected chi connectivity index (χ2v) is 10.8. The summed E-state index contributed by atoms with van der Waals surface area (Å²) in [6, 6.07) is -3.83. The van der Waals surface area contributed by atoms with Crippen LogP contribution in [0.4, 0.5) is 22.0 Å². The molecule has 2 saturated carbocycles. The Hall–Kier alpha value is -2.98. The van der Waals surface area contributed by atoms with E-state index in [0.29, 0.717) is 25.8 Å². The fourth-order valence-corrected chi connectivity index (χ4v) is 6.08. The van der Waals surface area contributed by atoms with Crippen LogP contribution in [-0.4, -0.2) is 71.3 Å². The first-order valence-corrected chi connectivity index (χ1v) is 12.9. The summed E-state index contributed by atoms with van der Waals surface area (Å²) in [5.41, 5.74) is 0. The predicted octanol–water partition coefficient (Wildman–Crippen LogP) is 1.77. The van der Waals surface area contributed by atoms with Crippen molar-refractivity contribution in [3.8, 4) is 6.07 Å². The number of alkyl halides is 5. The van der Waals surface area contributed by atoms with Gasteiger partial charge in [0.25, 0.3) is 5.92 Å². The molecule has 210 valence electrons. The second kappa shape index (κ2) is 10.6. The van der Waals surface area contributed by atoms with Crippen LogP contribution in [-0.2, 0) is 19.2 Å². The van der Waals surface area contributed by atoms with Gasteiger partial charge in [0, 0.05) is 24.9 Å². The minimum Gasteiger partial charge on any atom is -0.356 e. The van der Waals surface area contributed by atoms with Gasteiger partial charge in [-0.1, -0.05) is 19.3 Å². The van der Waals surface area contributed by atoms with Gasteiger partial charge in [-0.3, -0.25) is 19.2 Å². The first-order valence-electron chi connectivity index (χ1n) is 12.9. The molecule has 0 unspecified atom stereocenters. The van der Waals surface area contributed by atoms with E-state index < -0.39 is 72.2 Å². The molecule has 0 aromatic rings. The molecular weight excluding hydrogens is 517 g/mol. The van der Waals surface area contributed by atoms with Crippen LogP contribution < -0.4 is 16.0 Å². The van der Waals surface area contributed by atoms with Gasteiger partial charge in [0.15, 0.2) is 0 Å². The lowest BCUT2D eigenvalue weighted by Crippen LogP contribution is -2.71. The number of fused-ring (bicyclic) bond motifs is 3. The van der Waals surface area contributed by atoms with Crippen molar-refractivity contribution in [1.29, 1.82) is 5.26 Å². The van der Waals surface area contributed by atoms with Gasteiger partial charge in [-0.15, -0.1) is 0 Å². The fourth-order valence-electron chi connectivity index (χ4n) is 6.08. The maximum absolute atomic E-state index is 14.9. The highest BCUT2D eigenvalue weighted by molar-refractivity contribution is 5.94. The number of hydrogen-bond donors (Lipinski definition) is 3. The van der Waals surface area contributed by atoms with Gasteiger partial charge >= 0.3 is 12.1 Å². The van der Waals surface area contributed by atoms with Crippen molar-refractivity contribution in [2.24, 2.45) is 17.8 Å². The maximum atomic E-state index is 14.9. The molecule has 3 N–H and O–H groups in total. The van der Waals surface area contributed by atoms with Gasteiger partial charge in [0.1, 0.15) is 18.1 Å². The Balaban J connectivity index is 1.58. The molecule has 14 heteroatoms. The molecule has 9 nitrogen and oxygen atoms in total. The average Bonchev–Trinajstić information content (AvgIpc) is 3.21. The van der Waals surface area contributed by atoms with E-state index in [1.54, 1.807) is 5.32 Å². The molecule has 2 bridgehead atoms. The van der Waals surface area contributed by atoms with Gasteiger partial charge in [0.05, 0.1) is 12.0 Å². The Bertz CT molecular complexity index is 1010. The third-order valence-corrected chi connectivity index (χ3v) is 8.27. The van der Waals surface area contributed by atoms with Gasteiger partial charge in [0.2, 0.25) is 17.7 Å². The standard InChI is InChI=1S/C24H30F5N5O4/c25-23(26)10-15-4-5-16(23)18(20(36)32-14(11-30)9-13-6-7-31-19(13)35)34(15)21(37)17(8-12-2-1-3-12)33-22(38)24(27,28)29/h12-18H,1-10H2,(H,31,35)(H,32,36)(H,33,38)/t13-,14-,15+,16+,17-,18+/m1/s1. The van der Waals surface area contributed by atoms with E-state index in [9.17, 15) is 46.4 Å². The van der Waals surface area contributed by atoms with Crippen molar-refractivity contribution in [2.45, 2.75) is 94.1 Å². The van der Waals surface area contributed by atoms with Crippen molar-refractivity contribution in [1.82, 2.24) is 20.9 Å². The lowest BCUT2D eigenvalue weighted by atomic mass is 9.71. The SMILES string of the molecule is N#C[C@@H](C[C@H]1CCNC1=O)NC(=O)[C@@H]1[C@@H]2CC[C@@H](CC2(F)F)N1C(=O)[C@@H](CC1CCC1)NC(=O)C(F)(F)F. The first-order chi connectivity index (χ1) is 17.8. The molecule has 38 heavy (non-hydrogen) atoms. The number of halogens is 5. The van der Waals surface area contributed by atoms with Gasteiger partial charge in [-0.2, -0.15) is 18.4 Å². The van der Waals surface area contributed by atoms with Gasteiger partial charge < -0.3 is 20.9 Å². The van der Waals surface area contributed by atoms with Crippen LogP contribution in [0.15, 0.2) is 0 Å². The molecule has 5 aliphatic rings. The zero-order valence-corrected chi connectivity index (χ0v) is 20.5. The summed E-state index contributed by atoms with van der Waals surface area (Å²) < 4.78 is 68.9. The number of carbonyl (C=O) groups excluding carboxylic acids is 4. The van der Waals surface area contributed by atoms with Crippen LogP contribution in [0.3, 0.4) is 0 Å². The largest absolute Gasteiger partial charge is 0.471 e. The highest BCUT2D eigenvalue weighted by atomic mass is 19.4. The molecule has 3 heterocycles. The molecular formula is C24H30F5N5O4. The topological polar surface area (TPSA) is 131 Å². The van der Waals surface area contributed by atoms with Crippen molar-refractivity contribution < 1.29 is 41.1 Å². The molecule has 3 aliphatic heterocycles. The van der Waals surface area contributed by atoms with Crippen LogP contribution >= 0.6 is 0 Å². The molecule has 3 saturated heterocycles. The average molecular weight is 548 g/mol. The predicted molar refractivity (Wildman–Crippen MR) is 120 cm³/mol. The van der Waals surface area contributed by atoms with Gasteiger partial charge in [-0.25, -0.2) is 8.78 Å². The van der Waals surface area contributed by atoms with E-state index in [2.05, 4.69) is 10.6 Å². The highest BCUT2D eigenvalue weighted by Crippen LogP contribution is 2.49. The molecule has 5 rings (SSSR count). The van der Waals surface area contributed by atoms with Crippen molar-refractivity contribution >= 4 is 23.6 Å². The smallest absolute Gasteiger partial charge is 0.356 e. The molecule has 2 aliphatic carbocycles. The summed E-state index contributed by atoms with van der Waals surface area (Å²) >= 11 is 0. The molecule has 0 aromatic carbocycles. The second-order valence-electron chi connectivity index (χ2n) is 10.8. The summed E-state index contributed by atoms with van der Waals surface area (Å²) in [4.78, 5) is 51.5. The van der Waals surface area contributed by atoms with Crippen LogP contribution in [0.2, 0.25) is 0 Å². The van der Waals surface area contributed by atoms with Crippen molar-refractivity contribution in [3.63, 3.8) is 0 Å². The van der Waals surface area contributed by atoms with E-state index in [1.807, 2.05) is 6.07 Å². The summed E-state index contributed by atoms with van der Waals surface area (Å²) in [6.07, 6.45) is -3.56. The molecule has 0 radical (unpaired) electrons. The normalized spacial score (nSPS) is 30.0. The number of nitrogens with zero attached hydrogens (tertiary/aromatic N) is 2. The van der Waals surface area contributed by atoms with Crippen molar-refractivity contribution in [3.05, 3.63) is 0 Å². The number of amides is 4. The minimum absolute atomic E-state index is 0.0504. The minimum atomic E-state index is -5.25. The number of nitriles is 1. The fraction of sp³-hybridized carbons (Fsp3) is 0.792. The molecule has 4 amide bonds. The Morgan fingerprint density at radius 1 is 1.11 bits per heavy atom. The number of rotatable bonds is 8. The van der Waals surface area contributed by atoms with Crippen LogP contribution in [0.25, 0.3) is 0 Å². The number of piperidine rings is 2. The number of carbonyl (C=O) groups is 4. The van der Waals surface area contributed by atoms with E-state index in [1.165, 1.54) is 0 Å². The Labute approximate surface area is 215 Å². The van der Waals surface area contributed by atoms with E-state index >= 15 is 0 Å². The monoisotopic (exact) mass is 547 g/mol. The summed E-state index contributed by atoms with van der Waals surface area (Å²) in [5.74, 6) is -10.2. The number of hydrogen-bond acceptors (Lipinski definition) is 5. The Morgan fingerprint density at radius 3 is 2.34 bits per heavy atom. The third kappa shape index (κ3) is 5.71. The van der Waals surface area contributed by atoms with Gasteiger partial charge in [-0.05, 0) is 38.0 Å². The lowest BCUT2D eigenvalue weighted by molar-refractivity contribution is -0.196. The number of nitrogens with one attached hydrogen (secondary N) is 3. The maximum Gasteiger partial charge on any atom is 0.471 e. The van der Waals surface area contributed by atoms with E-state index in [4.69, 9.17) is 0 Å². The highest BCUT2D eigenvalue weighted by Gasteiger charge is 2.61.